The van der Waals surface area contributed by atoms with E-state index in [1.54, 1.807) is 18.2 Å². The summed E-state index contributed by atoms with van der Waals surface area (Å²) >= 11 is 12.2. The minimum absolute atomic E-state index is 0.261. The van der Waals surface area contributed by atoms with Crippen LogP contribution in [0.25, 0.3) is 6.08 Å². The van der Waals surface area contributed by atoms with E-state index in [4.69, 9.17) is 37.8 Å². The van der Waals surface area contributed by atoms with Crippen LogP contribution in [0.3, 0.4) is 0 Å². The van der Waals surface area contributed by atoms with E-state index in [2.05, 4.69) is 0 Å². The summed E-state index contributed by atoms with van der Waals surface area (Å²) in [6, 6.07) is 10.6. The number of methoxy groups -OCH3 is 1. The number of carboxylic acid groups (broad SMARTS) is 1. The normalized spacial score (nSPS) is 10.7. The van der Waals surface area contributed by atoms with E-state index in [0.29, 0.717) is 27.1 Å². The molecule has 0 aromatic heterocycles. The number of benzene rings is 2. The van der Waals surface area contributed by atoms with Crippen molar-refractivity contribution >= 4 is 35.2 Å². The number of halogens is 2. The van der Waals surface area contributed by atoms with Crippen LogP contribution in [0.1, 0.15) is 11.1 Å². The molecule has 0 bridgehead atoms. The Hall–Kier alpha value is -2.17. The van der Waals surface area contributed by atoms with E-state index in [0.717, 1.165) is 11.6 Å². The zero-order chi connectivity index (χ0) is 16.8. The summed E-state index contributed by atoms with van der Waals surface area (Å²) in [5, 5.41) is 9.65. The van der Waals surface area contributed by atoms with Gasteiger partial charge >= 0.3 is 5.97 Å². The molecule has 0 fully saturated rings. The predicted octanol–water partition coefficient (Wildman–Crippen LogP) is 4.68. The van der Waals surface area contributed by atoms with Crippen LogP contribution in [0.2, 0.25) is 10.0 Å². The molecule has 0 spiro atoms. The van der Waals surface area contributed by atoms with Crippen molar-refractivity contribution in [1.82, 2.24) is 0 Å². The summed E-state index contributed by atoms with van der Waals surface area (Å²) in [5.41, 5.74) is 1.36. The molecule has 1 N–H and O–H groups in total. The molecule has 4 nitrogen and oxygen atoms in total. The summed E-state index contributed by atoms with van der Waals surface area (Å²) in [6.45, 7) is 0.261. The van der Waals surface area contributed by atoms with Gasteiger partial charge < -0.3 is 14.6 Å². The third kappa shape index (κ3) is 4.65. The third-order valence-electron chi connectivity index (χ3n) is 3.03. The number of hydrogen-bond acceptors (Lipinski definition) is 3. The van der Waals surface area contributed by atoms with E-state index in [9.17, 15) is 4.79 Å². The zero-order valence-corrected chi connectivity index (χ0v) is 13.8. The maximum Gasteiger partial charge on any atom is 0.328 e. The van der Waals surface area contributed by atoms with Crippen molar-refractivity contribution in [2.75, 3.05) is 7.11 Å². The van der Waals surface area contributed by atoms with Crippen molar-refractivity contribution in [2.24, 2.45) is 0 Å². The molecule has 0 saturated heterocycles. The highest BCUT2D eigenvalue weighted by Crippen LogP contribution is 2.34. The average Bonchev–Trinajstić information content (AvgIpc) is 2.53. The lowest BCUT2D eigenvalue weighted by molar-refractivity contribution is -0.131. The lowest BCUT2D eigenvalue weighted by atomic mass is 10.2. The molecule has 2 aromatic rings. The molecule has 120 valence electrons. The Balaban J connectivity index is 2.23. The summed E-state index contributed by atoms with van der Waals surface area (Å²) in [5.74, 6) is -0.157. The Bertz CT molecular complexity index is 741. The molecule has 0 amide bonds. The lowest BCUT2D eigenvalue weighted by Crippen LogP contribution is -1.99. The fraction of sp³-hybridized carbons (Fsp3) is 0.118. The maximum atomic E-state index is 10.6. The Morgan fingerprint density at radius 3 is 2.57 bits per heavy atom. The standard InChI is InChI=1S/C17H14Cl2O4/c1-22-15-8-11(6-7-17(20)21)14(19)9-16(15)23-10-12-4-2-3-5-13(12)18/h2-9H,10H2,1H3,(H,20,21). The Morgan fingerprint density at radius 2 is 1.91 bits per heavy atom. The highest BCUT2D eigenvalue weighted by molar-refractivity contribution is 6.32. The van der Waals surface area contributed by atoms with Crippen molar-refractivity contribution in [3.05, 3.63) is 63.6 Å². The molecule has 0 atom stereocenters. The number of carboxylic acids is 1. The van der Waals surface area contributed by atoms with Crippen LogP contribution in [0.4, 0.5) is 0 Å². The summed E-state index contributed by atoms with van der Waals surface area (Å²) in [7, 11) is 1.50. The second kappa shape index (κ2) is 7.90. The van der Waals surface area contributed by atoms with E-state index in [1.165, 1.54) is 13.2 Å². The molecule has 6 heteroatoms. The van der Waals surface area contributed by atoms with Gasteiger partial charge in [-0.25, -0.2) is 4.79 Å². The van der Waals surface area contributed by atoms with Gasteiger partial charge in [-0.05, 0) is 23.8 Å². The largest absolute Gasteiger partial charge is 0.493 e. The first kappa shape index (κ1) is 17.2. The van der Waals surface area contributed by atoms with Gasteiger partial charge in [0.1, 0.15) is 6.61 Å². The topological polar surface area (TPSA) is 55.8 Å². The molecule has 0 aliphatic rings. The first-order chi connectivity index (χ1) is 11.0. The Kier molecular flexibility index (Phi) is 5.90. The van der Waals surface area contributed by atoms with Crippen LogP contribution >= 0.6 is 23.2 Å². The van der Waals surface area contributed by atoms with Gasteiger partial charge in [-0.1, -0.05) is 41.4 Å². The minimum Gasteiger partial charge on any atom is -0.493 e. The van der Waals surface area contributed by atoms with Crippen molar-refractivity contribution in [2.45, 2.75) is 6.61 Å². The van der Waals surface area contributed by atoms with Gasteiger partial charge in [-0.3, -0.25) is 0 Å². The van der Waals surface area contributed by atoms with Gasteiger partial charge in [0.05, 0.1) is 12.1 Å². The second-order valence-corrected chi connectivity index (χ2v) is 5.39. The summed E-state index contributed by atoms with van der Waals surface area (Å²) in [6.07, 6.45) is 2.40. The highest BCUT2D eigenvalue weighted by Gasteiger charge is 2.10. The average molecular weight is 353 g/mol. The van der Waals surface area contributed by atoms with Crippen LogP contribution < -0.4 is 9.47 Å². The van der Waals surface area contributed by atoms with Gasteiger partial charge in [0.15, 0.2) is 11.5 Å². The van der Waals surface area contributed by atoms with Crippen LogP contribution in [-0.4, -0.2) is 18.2 Å². The molecule has 0 radical (unpaired) electrons. The SMILES string of the molecule is COc1cc(C=CC(=O)O)c(Cl)cc1OCc1ccccc1Cl. The quantitative estimate of drug-likeness (QED) is 0.767. The van der Waals surface area contributed by atoms with Crippen molar-refractivity contribution in [3.8, 4) is 11.5 Å². The van der Waals surface area contributed by atoms with E-state index in [-0.39, 0.29) is 6.61 Å². The monoisotopic (exact) mass is 352 g/mol. The molecular weight excluding hydrogens is 339 g/mol. The Labute approximate surface area is 143 Å². The highest BCUT2D eigenvalue weighted by atomic mass is 35.5. The molecule has 0 unspecified atom stereocenters. The van der Waals surface area contributed by atoms with Crippen LogP contribution in [0, 0.1) is 0 Å². The smallest absolute Gasteiger partial charge is 0.328 e. The van der Waals surface area contributed by atoms with Gasteiger partial charge in [0, 0.05) is 22.7 Å². The number of carbonyl (C=O) groups is 1. The van der Waals surface area contributed by atoms with E-state index >= 15 is 0 Å². The number of rotatable bonds is 6. The molecule has 0 saturated carbocycles. The number of aliphatic carboxylic acids is 1. The first-order valence-corrected chi connectivity index (χ1v) is 7.41. The van der Waals surface area contributed by atoms with Gasteiger partial charge in [0.2, 0.25) is 0 Å². The molecule has 0 aliphatic heterocycles. The van der Waals surface area contributed by atoms with Gasteiger partial charge in [0.25, 0.3) is 0 Å². The number of hydrogen-bond donors (Lipinski definition) is 1. The fourth-order valence-electron chi connectivity index (χ4n) is 1.88. The predicted molar refractivity (Wildman–Crippen MR) is 90.5 cm³/mol. The van der Waals surface area contributed by atoms with Crippen LogP contribution in [-0.2, 0) is 11.4 Å². The zero-order valence-electron chi connectivity index (χ0n) is 12.3. The third-order valence-corrected chi connectivity index (χ3v) is 3.73. The molecule has 2 aromatic carbocycles. The molecular formula is C17H14Cl2O4. The molecule has 23 heavy (non-hydrogen) atoms. The Morgan fingerprint density at radius 1 is 1.17 bits per heavy atom. The van der Waals surface area contributed by atoms with Crippen molar-refractivity contribution < 1.29 is 19.4 Å². The first-order valence-electron chi connectivity index (χ1n) is 6.66. The van der Waals surface area contributed by atoms with Crippen LogP contribution in [0.5, 0.6) is 11.5 Å². The molecule has 2 rings (SSSR count). The molecule has 0 heterocycles. The number of ether oxygens (including phenoxy) is 2. The van der Waals surface area contributed by atoms with Gasteiger partial charge in [-0.2, -0.15) is 0 Å². The lowest BCUT2D eigenvalue weighted by Gasteiger charge is -2.13. The van der Waals surface area contributed by atoms with E-state index in [1.807, 2.05) is 18.2 Å². The van der Waals surface area contributed by atoms with Crippen molar-refractivity contribution in [1.29, 1.82) is 0 Å². The van der Waals surface area contributed by atoms with E-state index < -0.39 is 5.97 Å². The summed E-state index contributed by atoms with van der Waals surface area (Å²) in [4.78, 5) is 10.6. The summed E-state index contributed by atoms with van der Waals surface area (Å²) < 4.78 is 11.0. The van der Waals surface area contributed by atoms with Crippen LogP contribution in [0.15, 0.2) is 42.5 Å². The fourth-order valence-corrected chi connectivity index (χ4v) is 2.29. The molecule has 0 aliphatic carbocycles. The van der Waals surface area contributed by atoms with Gasteiger partial charge in [-0.15, -0.1) is 0 Å². The second-order valence-electron chi connectivity index (χ2n) is 4.58. The minimum atomic E-state index is -1.06. The van der Waals surface area contributed by atoms with Crippen molar-refractivity contribution in [3.63, 3.8) is 0 Å². The maximum absolute atomic E-state index is 10.6.